The van der Waals surface area contributed by atoms with Crippen molar-refractivity contribution >= 4 is 23.2 Å². The zero-order valence-electron chi connectivity index (χ0n) is 18.1. The summed E-state index contributed by atoms with van der Waals surface area (Å²) in [5.74, 6) is 1.80. The van der Waals surface area contributed by atoms with E-state index in [0.29, 0.717) is 61.8 Å². The Labute approximate surface area is 181 Å². The fraction of sp³-hybridized carbons (Fsp3) is 0.391. The Balaban J connectivity index is 1.46. The highest BCUT2D eigenvalue weighted by Gasteiger charge is 2.26. The second-order valence-corrected chi connectivity index (χ2v) is 7.58. The molecule has 31 heavy (non-hydrogen) atoms. The monoisotopic (exact) mass is 425 g/mol. The molecule has 0 aromatic heterocycles. The van der Waals surface area contributed by atoms with Crippen molar-refractivity contribution in [1.29, 1.82) is 0 Å². The Morgan fingerprint density at radius 3 is 2.26 bits per heavy atom. The summed E-state index contributed by atoms with van der Waals surface area (Å²) in [4.78, 5) is 28.8. The van der Waals surface area contributed by atoms with Gasteiger partial charge in [0, 0.05) is 49.9 Å². The minimum Gasteiger partial charge on any atom is -0.494 e. The number of rotatable bonds is 5. The number of hydrogen-bond acceptors (Lipinski definition) is 6. The van der Waals surface area contributed by atoms with Gasteiger partial charge in [-0.2, -0.15) is 0 Å². The van der Waals surface area contributed by atoms with Gasteiger partial charge in [-0.05, 0) is 36.2 Å². The molecular weight excluding hydrogens is 398 g/mol. The molecule has 1 saturated heterocycles. The highest BCUT2D eigenvalue weighted by molar-refractivity contribution is 5.96. The van der Waals surface area contributed by atoms with E-state index in [1.807, 2.05) is 11.0 Å². The van der Waals surface area contributed by atoms with Gasteiger partial charge in [0.15, 0.2) is 11.5 Å². The molecule has 2 aromatic rings. The number of methoxy groups -OCH3 is 3. The molecule has 2 aliphatic heterocycles. The van der Waals surface area contributed by atoms with E-state index in [1.165, 1.54) is 0 Å². The van der Waals surface area contributed by atoms with Crippen molar-refractivity contribution in [2.75, 3.05) is 57.7 Å². The van der Waals surface area contributed by atoms with Gasteiger partial charge in [-0.1, -0.05) is 0 Å². The van der Waals surface area contributed by atoms with Crippen LogP contribution in [0.5, 0.6) is 17.2 Å². The van der Waals surface area contributed by atoms with E-state index < -0.39 is 0 Å². The van der Waals surface area contributed by atoms with Gasteiger partial charge in [0.2, 0.25) is 5.91 Å². The SMILES string of the molecule is COc1ccc(C(=O)N2CCN(c3cc4c(c(OC)c3)NC(=O)CC4)CC2)cc1OC. The third kappa shape index (κ3) is 4.10. The van der Waals surface area contributed by atoms with E-state index in [0.717, 1.165) is 16.9 Å². The van der Waals surface area contributed by atoms with Crippen molar-refractivity contribution < 1.29 is 23.8 Å². The molecule has 0 bridgehead atoms. The topological polar surface area (TPSA) is 80.3 Å². The van der Waals surface area contributed by atoms with E-state index in [9.17, 15) is 9.59 Å². The smallest absolute Gasteiger partial charge is 0.254 e. The molecule has 2 heterocycles. The first-order chi connectivity index (χ1) is 15.0. The summed E-state index contributed by atoms with van der Waals surface area (Å²) in [6, 6.07) is 9.30. The molecule has 2 amide bonds. The number of nitrogens with zero attached hydrogens (tertiary/aromatic N) is 2. The van der Waals surface area contributed by atoms with E-state index in [2.05, 4.69) is 16.3 Å². The molecule has 0 atom stereocenters. The first kappa shape index (κ1) is 20.8. The van der Waals surface area contributed by atoms with E-state index in [4.69, 9.17) is 14.2 Å². The predicted molar refractivity (Wildman–Crippen MR) is 118 cm³/mol. The number of amides is 2. The van der Waals surface area contributed by atoms with E-state index >= 15 is 0 Å². The minimum absolute atomic E-state index is 0.0147. The zero-order chi connectivity index (χ0) is 22.0. The number of fused-ring (bicyclic) bond motifs is 1. The largest absolute Gasteiger partial charge is 0.494 e. The lowest BCUT2D eigenvalue weighted by molar-refractivity contribution is -0.116. The average molecular weight is 425 g/mol. The molecule has 0 radical (unpaired) electrons. The molecule has 0 unspecified atom stereocenters. The lowest BCUT2D eigenvalue weighted by atomic mass is 10.0. The molecule has 8 nitrogen and oxygen atoms in total. The van der Waals surface area contributed by atoms with Gasteiger partial charge in [-0.25, -0.2) is 0 Å². The van der Waals surface area contributed by atoms with Crippen molar-refractivity contribution in [3.8, 4) is 17.2 Å². The molecule has 2 aliphatic rings. The van der Waals surface area contributed by atoms with Crippen molar-refractivity contribution in [3.63, 3.8) is 0 Å². The number of aryl methyl sites for hydroxylation is 1. The second kappa shape index (κ2) is 8.75. The Kier molecular flexibility index (Phi) is 5.88. The highest BCUT2D eigenvalue weighted by Crippen LogP contribution is 2.37. The van der Waals surface area contributed by atoms with Crippen LogP contribution in [0.15, 0.2) is 30.3 Å². The standard InChI is InChI=1S/C23H27N3O5/c1-29-18-6-4-16(13-19(18)30-2)23(28)26-10-8-25(9-11-26)17-12-15-5-7-21(27)24-22(15)20(14-17)31-3/h4,6,12-14H,5,7-11H2,1-3H3,(H,24,27). The van der Waals surface area contributed by atoms with Crippen LogP contribution in [0.3, 0.4) is 0 Å². The van der Waals surface area contributed by atoms with Gasteiger partial charge in [-0.3, -0.25) is 9.59 Å². The third-order valence-corrected chi connectivity index (χ3v) is 5.84. The van der Waals surface area contributed by atoms with Gasteiger partial charge < -0.3 is 29.3 Å². The van der Waals surface area contributed by atoms with Crippen molar-refractivity contribution in [2.45, 2.75) is 12.8 Å². The zero-order valence-corrected chi connectivity index (χ0v) is 18.1. The van der Waals surface area contributed by atoms with Crippen LogP contribution in [-0.2, 0) is 11.2 Å². The first-order valence-corrected chi connectivity index (χ1v) is 10.3. The number of carbonyl (C=O) groups excluding carboxylic acids is 2. The van der Waals surface area contributed by atoms with Crippen LogP contribution in [0.25, 0.3) is 0 Å². The van der Waals surface area contributed by atoms with Gasteiger partial charge in [0.1, 0.15) is 5.75 Å². The van der Waals surface area contributed by atoms with Crippen LogP contribution in [-0.4, -0.2) is 64.2 Å². The molecule has 0 spiro atoms. The molecule has 164 valence electrons. The molecule has 0 aliphatic carbocycles. The number of nitrogens with one attached hydrogen (secondary N) is 1. The lowest BCUT2D eigenvalue weighted by Crippen LogP contribution is -2.48. The maximum Gasteiger partial charge on any atom is 0.254 e. The van der Waals surface area contributed by atoms with Crippen LogP contribution in [0.2, 0.25) is 0 Å². The number of carbonyl (C=O) groups is 2. The summed E-state index contributed by atoms with van der Waals surface area (Å²) in [6.45, 7) is 2.66. The lowest BCUT2D eigenvalue weighted by Gasteiger charge is -2.37. The van der Waals surface area contributed by atoms with Gasteiger partial charge in [-0.15, -0.1) is 0 Å². The minimum atomic E-state index is -0.0219. The fourth-order valence-corrected chi connectivity index (χ4v) is 4.11. The van der Waals surface area contributed by atoms with Crippen LogP contribution in [0.1, 0.15) is 22.3 Å². The van der Waals surface area contributed by atoms with E-state index in [1.54, 1.807) is 39.5 Å². The Morgan fingerprint density at radius 2 is 1.58 bits per heavy atom. The van der Waals surface area contributed by atoms with Crippen molar-refractivity contribution in [3.05, 3.63) is 41.5 Å². The first-order valence-electron chi connectivity index (χ1n) is 10.3. The molecule has 8 heteroatoms. The summed E-state index contributed by atoms with van der Waals surface area (Å²) >= 11 is 0. The predicted octanol–water partition coefficient (Wildman–Crippen LogP) is 2.56. The van der Waals surface area contributed by atoms with Crippen LogP contribution >= 0.6 is 0 Å². The van der Waals surface area contributed by atoms with E-state index in [-0.39, 0.29) is 11.8 Å². The average Bonchev–Trinajstić information content (AvgIpc) is 2.82. The molecule has 1 fully saturated rings. The Bertz CT molecular complexity index is 982. The van der Waals surface area contributed by atoms with Gasteiger partial charge >= 0.3 is 0 Å². The summed E-state index contributed by atoms with van der Waals surface area (Å²) in [5, 5.41) is 2.91. The number of hydrogen-bond donors (Lipinski definition) is 1. The highest BCUT2D eigenvalue weighted by atomic mass is 16.5. The molecule has 2 aromatic carbocycles. The van der Waals surface area contributed by atoms with Crippen LogP contribution in [0, 0.1) is 0 Å². The summed E-state index contributed by atoms with van der Waals surface area (Å²) < 4.78 is 16.1. The van der Waals surface area contributed by atoms with Crippen molar-refractivity contribution in [2.24, 2.45) is 0 Å². The maximum atomic E-state index is 13.0. The van der Waals surface area contributed by atoms with Gasteiger partial charge in [0.05, 0.1) is 27.0 Å². The number of ether oxygens (including phenoxy) is 3. The number of anilines is 2. The molecule has 4 rings (SSSR count). The number of piperazine rings is 1. The maximum absolute atomic E-state index is 13.0. The van der Waals surface area contributed by atoms with Crippen molar-refractivity contribution in [1.82, 2.24) is 4.90 Å². The third-order valence-electron chi connectivity index (χ3n) is 5.84. The molecule has 1 N–H and O–H groups in total. The summed E-state index contributed by atoms with van der Waals surface area (Å²) in [7, 11) is 4.74. The number of benzene rings is 2. The summed E-state index contributed by atoms with van der Waals surface area (Å²) in [5.41, 5.74) is 3.48. The molecular formula is C23H27N3O5. The Morgan fingerprint density at radius 1 is 0.871 bits per heavy atom. The fourth-order valence-electron chi connectivity index (χ4n) is 4.11. The Hall–Kier alpha value is -3.42. The molecule has 0 saturated carbocycles. The quantitative estimate of drug-likeness (QED) is 0.793. The summed E-state index contributed by atoms with van der Waals surface area (Å²) in [6.07, 6.45) is 1.18. The van der Waals surface area contributed by atoms with Gasteiger partial charge in [0.25, 0.3) is 5.91 Å². The van der Waals surface area contributed by atoms with Crippen LogP contribution < -0.4 is 24.4 Å². The van der Waals surface area contributed by atoms with Crippen LogP contribution in [0.4, 0.5) is 11.4 Å². The normalized spacial score (nSPS) is 15.8. The second-order valence-electron chi connectivity index (χ2n) is 7.58.